The summed E-state index contributed by atoms with van der Waals surface area (Å²) in [5, 5.41) is 1.62. The average Bonchev–Trinajstić information content (AvgIpc) is 3.31. The van der Waals surface area contributed by atoms with E-state index in [0.717, 1.165) is 33.7 Å². The summed E-state index contributed by atoms with van der Waals surface area (Å²) in [7, 11) is 1.63. The zero-order valence-electron chi connectivity index (χ0n) is 21.9. The number of hydrogen-bond acceptors (Lipinski definition) is 10. The van der Waals surface area contributed by atoms with Gasteiger partial charge < -0.3 is 29.9 Å². The summed E-state index contributed by atoms with van der Waals surface area (Å²) in [4.78, 5) is 36.4. The number of ether oxygens (including phenoxy) is 2. The summed E-state index contributed by atoms with van der Waals surface area (Å²) in [5.74, 6) is 2.61. The Labute approximate surface area is 220 Å². The molecule has 1 aliphatic rings. The van der Waals surface area contributed by atoms with E-state index in [1.165, 1.54) is 0 Å². The van der Waals surface area contributed by atoms with Crippen molar-refractivity contribution in [2.75, 3.05) is 43.9 Å². The molecule has 3 N–H and O–H groups in total. The molecule has 0 radical (unpaired) electrons. The van der Waals surface area contributed by atoms with E-state index < -0.39 is 11.8 Å². The Bertz CT molecular complexity index is 1440. The van der Waals surface area contributed by atoms with Gasteiger partial charge in [-0.3, -0.25) is 0 Å². The van der Waals surface area contributed by atoms with Crippen LogP contribution in [0.5, 0.6) is 5.75 Å². The van der Waals surface area contributed by atoms with Crippen molar-refractivity contribution in [3.63, 3.8) is 0 Å². The molecule has 0 spiro atoms. The number of rotatable bonds is 5. The highest BCUT2D eigenvalue weighted by Gasteiger charge is 2.24. The van der Waals surface area contributed by atoms with Crippen LogP contribution in [0.25, 0.3) is 33.5 Å². The number of benzene rings is 1. The number of pyridine rings is 2. The molecule has 4 heterocycles. The second-order valence-electron chi connectivity index (χ2n) is 10.0. The standard InChI is InChI=1S/C27H31N7O4/c1-27(2,3)37-26(35)38-34-11-9-33(10-12-34)23-8-5-17(15-29-23)18-13-20(24(28)30-16-18)25-31-21-7-6-19(36-4)14-22(21)32-25/h5-8,13-16H,9-12H2,1-4H3,(H2,28,30)(H,31,32). The van der Waals surface area contributed by atoms with Gasteiger partial charge in [-0.25, -0.2) is 19.7 Å². The maximum Gasteiger partial charge on any atom is 0.528 e. The highest BCUT2D eigenvalue weighted by Crippen LogP contribution is 2.30. The van der Waals surface area contributed by atoms with Gasteiger partial charge in [-0.15, -0.1) is 5.06 Å². The van der Waals surface area contributed by atoms with E-state index in [4.69, 9.17) is 20.0 Å². The first-order valence-corrected chi connectivity index (χ1v) is 12.4. The van der Waals surface area contributed by atoms with Crippen LogP contribution >= 0.6 is 0 Å². The Morgan fingerprint density at radius 1 is 1.00 bits per heavy atom. The number of methoxy groups -OCH3 is 1. The van der Waals surface area contributed by atoms with Crippen molar-refractivity contribution in [1.82, 2.24) is 25.0 Å². The fraction of sp³-hybridized carbons (Fsp3) is 0.333. The van der Waals surface area contributed by atoms with Crippen LogP contribution in [0.15, 0.2) is 48.8 Å². The number of aromatic amines is 1. The number of nitrogen functional groups attached to an aromatic ring is 1. The van der Waals surface area contributed by atoms with Gasteiger partial charge in [0, 0.05) is 42.7 Å². The fourth-order valence-corrected chi connectivity index (χ4v) is 4.19. The van der Waals surface area contributed by atoms with Gasteiger partial charge in [-0.1, -0.05) is 0 Å². The number of carbonyl (C=O) groups is 1. The second-order valence-corrected chi connectivity index (χ2v) is 10.0. The number of H-pyrrole nitrogens is 1. The largest absolute Gasteiger partial charge is 0.528 e. The number of hydrogen-bond donors (Lipinski definition) is 2. The molecule has 1 fully saturated rings. The highest BCUT2D eigenvalue weighted by molar-refractivity contribution is 5.84. The number of carbonyl (C=O) groups excluding carboxylic acids is 1. The third-order valence-electron chi connectivity index (χ3n) is 6.10. The van der Waals surface area contributed by atoms with Crippen LogP contribution in [0.3, 0.4) is 0 Å². The Balaban J connectivity index is 1.27. The normalized spacial score (nSPS) is 14.5. The quantitative estimate of drug-likeness (QED) is 0.370. The fourth-order valence-electron chi connectivity index (χ4n) is 4.19. The third-order valence-corrected chi connectivity index (χ3v) is 6.10. The van der Waals surface area contributed by atoms with E-state index in [1.807, 2.05) is 42.6 Å². The number of piperazine rings is 1. The van der Waals surface area contributed by atoms with Gasteiger partial charge >= 0.3 is 6.16 Å². The average molecular weight is 518 g/mol. The van der Waals surface area contributed by atoms with Gasteiger partial charge in [0.15, 0.2) is 0 Å². The van der Waals surface area contributed by atoms with Crippen LogP contribution in [-0.2, 0) is 9.57 Å². The summed E-state index contributed by atoms with van der Waals surface area (Å²) in [6.07, 6.45) is 2.86. The van der Waals surface area contributed by atoms with Gasteiger partial charge in [0.1, 0.15) is 28.8 Å². The Morgan fingerprint density at radius 3 is 2.45 bits per heavy atom. The number of hydroxylamine groups is 2. The topological polar surface area (TPSA) is 132 Å². The lowest BCUT2D eigenvalue weighted by molar-refractivity contribution is -0.144. The highest BCUT2D eigenvalue weighted by atomic mass is 16.8. The minimum Gasteiger partial charge on any atom is -0.497 e. The maximum atomic E-state index is 11.9. The summed E-state index contributed by atoms with van der Waals surface area (Å²) in [5.41, 5.74) is 9.78. The first-order chi connectivity index (χ1) is 18.2. The molecule has 5 rings (SSSR count). The molecule has 198 valence electrons. The minimum absolute atomic E-state index is 0.385. The number of nitrogens with one attached hydrogen (secondary N) is 1. The van der Waals surface area contributed by atoms with E-state index in [-0.39, 0.29) is 0 Å². The first-order valence-electron chi connectivity index (χ1n) is 12.4. The molecule has 0 saturated carbocycles. The molecule has 0 aliphatic carbocycles. The lowest BCUT2D eigenvalue weighted by Gasteiger charge is -2.34. The molecule has 38 heavy (non-hydrogen) atoms. The Hall–Kier alpha value is -4.38. The van der Waals surface area contributed by atoms with E-state index in [1.54, 1.807) is 39.1 Å². The van der Waals surface area contributed by atoms with Crippen LogP contribution in [0, 0.1) is 0 Å². The van der Waals surface area contributed by atoms with Crippen molar-refractivity contribution in [3.8, 4) is 28.3 Å². The molecular weight excluding hydrogens is 486 g/mol. The van der Waals surface area contributed by atoms with E-state index >= 15 is 0 Å². The third kappa shape index (κ3) is 5.62. The van der Waals surface area contributed by atoms with Gasteiger partial charge in [-0.05, 0) is 51.1 Å². The molecule has 0 unspecified atom stereocenters. The lowest BCUT2D eigenvalue weighted by atomic mass is 10.1. The van der Waals surface area contributed by atoms with Crippen LogP contribution < -0.4 is 15.4 Å². The number of anilines is 2. The zero-order valence-corrected chi connectivity index (χ0v) is 21.9. The van der Waals surface area contributed by atoms with Crippen LogP contribution in [0.2, 0.25) is 0 Å². The van der Waals surface area contributed by atoms with Gasteiger partial charge in [0.2, 0.25) is 0 Å². The van der Waals surface area contributed by atoms with Gasteiger partial charge in [-0.2, -0.15) is 0 Å². The van der Waals surface area contributed by atoms with Crippen LogP contribution in [-0.4, -0.2) is 70.0 Å². The van der Waals surface area contributed by atoms with Gasteiger partial charge in [0.25, 0.3) is 0 Å². The van der Waals surface area contributed by atoms with Crippen molar-refractivity contribution in [2.45, 2.75) is 26.4 Å². The number of imidazole rings is 1. The number of aromatic nitrogens is 4. The molecule has 0 amide bonds. The van der Waals surface area contributed by atoms with E-state index in [2.05, 4.69) is 24.8 Å². The van der Waals surface area contributed by atoms with Crippen LogP contribution in [0.4, 0.5) is 16.4 Å². The monoisotopic (exact) mass is 517 g/mol. The zero-order chi connectivity index (χ0) is 26.9. The molecule has 3 aromatic heterocycles. The first kappa shape index (κ1) is 25.3. The number of nitrogens with zero attached hydrogens (tertiary/aromatic N) is 5. The van der Waals surface area contributed by atoms with Crippen molar-refractivity contribution in [1.29, 1.82) is 0 Å². The summed E-state index contributed by atoms with van der Waals surface area (Å²) < 4.78 is 10.5. The summed E-state index contributed by atoms with van der Waals surface area (Å²) in [6, 6.07) is 11.6. The van der Waals surface area contributed by atoms with E-state index in [9.17, 15) is 4.79 Å². The molecule has 11 nitrogen and oxygen atoms in total. The Kier molecular flexibility index (Phi) is 6.77. The van der Waals surface area contributed by atoms with Crippen molar-refractivity contribution < 1.29 is 19.1 Å². The Morgan fingerprint density at radius 2 is 1.76 bits per heavy atom. The van der Waals surface area contributed by atoms with Gasteiger partial charge in [0.05, 0.1) is 36.8 Å². The predicted octanol–water partition coefficient (Wildman–Crippen LogP) is 4.27. The molecule has 1 aromatic carbocycles. The molecular formula is C27H31N7O4. The summed E-state index contributed by atoms with van der Waals surface area (Å²) in [6.45, 7) is 7.85. The number of fused-ring (bicyclic) bond motifs is 1. The molecule has 0 bridgehead atoms. The van der Waals surface area contributed by atoms with Crippen LogP contribution in [0.1, 0.15) is 20.8 Å². The van der Waals surface area contributed by atoms with Crippen molar-refractivity contribution in [3.05, 3.63) is 48.8 Å². The lowest BCUT2D eigenvalue weighted by Crippen LogP contribution is -2.47. The maximum absolute atomic E-state index is 11.9. The second kappa shape index (κ2) is 10.2. The predicted molar refractivity (Wildman–Crippen MR) is 145 cm³/mol. The SMILES string of the molecule is COc1ccc2nc(-c3cc(-c4ccc(N5CCN(OC(=O)OC(C)(C)C)CC5)nc4)cnc3N)[nH]c2c1. The molecule has 1 saturated heterocycles. The smallest absolute Gasteiger partial charge is 0.497 e. The molecule has 4 aromatic rings. The molecule has 11 heteroatoms. The summed E-state index contributed by atoms with van der Waals surface area (Å²) >= 11 is 0. The number of nitrogens with two attached hydrogens (primary N) is 1. The van der Waals surface area contributed by atoms with Crippen molar-refractivity contribution in [2.24, 2.45) is 0 Å². The van der Waals surface area contributed by atoms with Crippen molar-refractivity contribution >= 4 is 28.8 Å². The molecule has 0 atom stereocenters. The van der Waals surface area contributed by atoms with E-state index in [0.29, 0.717) is 43.4 Å². The molecule has 1 aliphatic heterocycles. The minimum atomic E-state index is -0.688.